The summed E-state index contributed by atoms with van der Waals surface area (Å²) in [5.74, 6) is -3.55. The Morgan fingerprint density at radius 2 is 2.00 bits per heavy atom. The van der Waals surface area contributed by atoms with Gasteiger partial charge in [-0.05, 0) is 42.6 Å². The van der Waals surface area contributed by atoms with Gasteiger partial charge in [0.2, 0.25) is 5.79 Å². The van der Waals surface area contributed by atoms with Gasteiger partial charge in [-0.25, -0.2) is 0 Å². The predicted octanol–water partition coefficient (Wildman–Crippen LogP) is 1.31. The summed E-state index contributed by atoms with van der Waals surface area (Å²) in [6, 6.07) is 0. The first-order valence-electron chi connectivity index (χ1n) is 10.7. The smallest absolute Gasteiger partial charge is 0.302 e. The van der Waals surface area contributed by atoms with Gasteiger partial charge in [-0.3, -0.25) is 9.59 Å². The Balaban J connectivity index is 1.66. The summed E-state index contributed by atoms with van der Waals surface area (Å²) in [5.41, 5.74) is -2.15. The summed E-state index contributed by atoms with van der Waals surface area (Å²) in [4.78, 5) is 25.7. The van der Waals surface area contributed by atoms with Crippen LogP contribution in [0.5, 0.6) is 0 Å². The van der Waals surface area contributed by atoms with Gasteiger partial charge in [0, 0.05) is 18.8 Å². The summed E-state index contributed by atoms with van der Waals surface area (Å²) in [7, 11) is 0. The van der Waals surface area contributed by atoms with E-state index in [4.69, 9.17) is 14.2 Å². The number of carbonyl (C=O) groups excluding carboxylic acids is 2. The molecule has 4 aliphatic heterocycles. The van der Waals surface area contributed by atoms with Crippen LogP contribution < -0.4 is 0 Å². The molecule has 4 heterocycles. The number of ketones is 1. The van der Waals surface area contributed by atoms with Crippen molar-refractivity contribution in [1.82, 2.24) is 0 Å². The molecule has 2 N–H and O–H groups in total. The maximum atomic E-state index is 13.6. The molecule has 29 heavy (non-hydrogen) atoms. The van der Waals surface area contributed by atoms with Crippen LogP contribution in [0.25, 0.3) is 0 Å². The maximum absolute atomic E-state index is 13.6. The topological polar surface area (TPSA) is 102 Å². The molecule has 0 aromatic carbocycles. The summed E-state index contributed by atoms with van der Waals surface area (Å²) in [6.45, 7) is 9.54. The average Bonchev–Trinajstić information content (AvgIpc) is 2.76. The largest absolute Gasteiger partial charge is 0.462 e. The van der Waals surface area contributed by atoms with Gasteiger partial charge in [-0.2, -0.15) is 0 Å². The average molecular weight is 404 g/mol. The highest BCUT2D eigenvalue weighted by atomic mass is 16.8. The van der Waals surface area contributed by atoms with Crippen molar-refractivity contribution in [2.75, 3.05) is 0 Å². The molecule has 0 aromatic heterocycles. The number of carbonyl (C=O) groups is 2. The first-order chi connectivity index (χ1) is 13.5. The van der Waals surface area contributed by atoms with Gasteiger partial charge in [-0.1, -0.05) is 20.4 Å². The van der Waals surface area contributed by atoms with E-state index in [1.807, 2.05) is 0 Å². The molecule has 10 atom stereocenters. The van der Waals surface area contributed by atoms with Crippen molar-refractivity contribution in [2.24, 2.45) is 34.0 Å². The summed E-state index contributed by atoms with van der Waals surface area (Å²) in [6.07, 6.45) is -0.433. The molecule has 0 radical (unpaired) electrons. The van der Waals surface area contributed by atoms with Crippen molar-refractivity contribution in [3.63, 3.8) is 0 Å². The normalized spacial score (nSPS) is 58.3. The Kier molecular flexibility index (Phi) is 3.16. The number of aliphatic hydroxyl groups excluding tert-OH is 1. The summed E-state index contributed by atoms with van der Waals surface area (Å²) < 4.78 is 18.3. The molecule has 4 saturated heterocycles. The minimum atomic E-state index is -2.01. The molecule has 7 bridgehead atoms. The Morgan fingerprint density at radius 3 is 2.69 bits per heavy atom. The lowest BCUT2D eigenvalue weighted by atomic mass is 9.34. The van der Waals surface area contributed by atoms with Crippen LogP contribution >= 0.6 is 0 Å². The monoisotopic (exact) mass is 404 g/mol. The van der Waals surface area contributed by atoms with Gasteiger partial charge >= 0.3 is 5.97 Å². The molecule has 8 fully saturated rings. The van der Waals surface area contributed by atoms with Crippen LogP contribution in [0, 0.1) is 34.0 Å². The molecule has 8 rings (SSSR count). The third-order valence-electron chi connectivity index (χ3n) is 9.42. The molecular formula is C22H28O7. The molecule has 0 amide bonds. The molecule has 8 aliphatic rings. The van der Waals surface area contributed by atoms with Crippen LogP contribution in [-0.2, 0) is 23.8 Å². The number of ether oxygens (including phenoxy) is 3. The number of hydrogen-bond donors (Lipinski definition) is 2. The van der Waals surface area contributed by atoms with E-state index in [9.17, 15) is 19.8 Å². The lowest BCUT2D eigenvalue weighted by Crippen LogP contribution is -2.91. The SMILES string of the molecule is C=C1C(=O)[C@@]23[C@H]4O[C@@H]5O[C@@]2(O)[C@@H](O)[C@@H]2C(C)(C)CC[C@H](OC(C)=O)[C@]52[C@@H]3CC[C@H]14. The van der Waals surface area contributed by atoms with Crippen LogP contribution in [0.15, 0.2) is 12.2 Å². The predicted molar refractivity (Wildman–Crippen MR) is 98.0 cm³/mol. The molecule has 4 aliphatic carbocycles. The maximum Gasteiger partial charge on any atom is 0.302 e. The van der Waals surface area contributed by atoms with E-state index in [0.717, 1.165) is 12.8 Å². The number of rotatable bonds is 1. The number of aliphatic hydroxyl groups is 2. The molecule has 0 unspecified atom stereocenters. The first-order valence-corrected chi connectivity index (χ1v) is 10.7. The standard InChI is InChI=1S/C22H28O7/c1-9-11-5-6-12-20-13(27-10(2)23)7-8-19(3,4)14(20)16(25)22(26)21(12,15(9)24)17(11)28-18(20)29-22/h11-14,16-18,25-26H,1,5-8H2,2-4H3/t11-,12+,13+,14-,16+,17+,18-,20+,21+,22+/m1/s1. The number of esters is 1. The minimum absolute atomic E-state index is 0.165. The number of hydrogen-bond acceptors (Lipinski definition) is 7. The highest BCUT2D eigenvalue weighted by molar-refractivity contribution is 6.05. The molecular weight excluding hydrogens is 376 g/mol. The van der Waals surface area contributed by atoms with E-state index in [2.05, 4.69) is 20.4 Å². The zero-order valence-electron chi connectivity index (χ0n) is 17.0. The van der Waals surface area contributed by atoms with Gasteiger partial charge in [-0.15, -0.1) is 0 Å². The van der Waals surface area contributed by atoms with Crippen LogP contribution in [0.3, 0.4) is 0 Å². The van der Waals surface area contributed by atoms with Crippen LogP contribution in [0.1, 0.15) is 46.5 Å². The molecule has 4 saturated carbocycles. The van der Waals surface area contributed by atoms with E-state index in [0.29, 0.717) is 18.4 Å². The quantitative estimate of drug-likeness (QED) is 0.502. The van der Waals surface area contributed by atoms with E-state index >= 15 is 0 Å². The second-order valence-corrected chi connectivity index (χ2v) is 10.7. The second-order valence-electron chi connectivity index (χ2n) is 10.7. The third kappa shape index (κ3) is 1.58. The van der Waals surface area contributed by atoms with E-state index in [1.165, 1.54) is 6.92 Å². The minimum Gasteiger partial charge on any atom is -0.462 e. The summed E-state index contributed by atoms with van der Waals surface area (Å²) >= 11 is 0. The van der Waals surface area contributed by atoms with Gasteiger partial charge in [0.05, 0.1) is 11.5 Å². The van der Waals surface area contributed by atoms with Crippen molar-refractivity contribution < 1.29 is 34.0 Å². The van der Waals surface area contributed by atoms with Gasteiger partial charge in [0.1, 0.15) is 17.6 Å². The molecule has 7 heteroatoms. The van der Waals surface area contributed by atoms with E-state index in [1.54, 1.807) is 0 Å². The third-order valence-corrected chi connectivity index (χ3v) is 9.42. The Labute approximate surface area is 169 Å². The van der Waals surface area contributed by atoms with Crippen molar-refractivity contribution in [1.29, 1.82) is 0 Å². The molecule has 2 spiro atoms. The molecule has 0 aromatic rings. The highest BCUT2D eigenvalue weighted by Gasteiger charge is 2.93. The fraction of sp³-hybridized carbons (Fsp3) is 0.818. The lowest BCUT2D eigenvalue weighted by molar-refractivity contribution is -0.556. The van der Waals surface area contributed by atoms with Gasteiger partial charge in [0.15, 0.2) is 12.1 Å². The lowest BCUT2D eigenvalue weighted by Gasteiger charge is -2.79. The first kappa shape index (κ1) is 18.5. The summed E-state index contributed by atoms with van der Waals surface area (Å²) in [5, 5.41) is 23.4. The van der Waals surface area contributed by atoms with Crippen LogP contribution in [-0.4, -0.2) is 52.4 Å². The van der Waals surface area contributed by atoms with E-state index < -0.39 is 53.1 Å². The Morgan fingerprint density at radius 1 is 1.28 bits per heavy atom. The number of Topliss-reactive ketones (excluding diaryl/α,β-unsaturated/α-hetero) is 1. The fourth-order valence-corrected chi connectivity index (χ4v) is 8.72. The van der Waals surface area contributed by atoms with E-state index in [-0.39, 0.29) is 23.0 Å². The van der Waals surface area contributed by atoms with Crippen molar-refractivity contribution in [3.05, 3.63) is 12.2 Å². The van der Waals surface area contributed by atoms with Crippen molar-refractivity contribution >= 4 is 11.8 Å². The second kappa shape index (κ2) is 4.96. The van der Waals surface area contributed by atoms with Crippen molar-refractivity contribution in [2.45, 2.75) is 76.8 Å². The van der Waals surface area contributed by atoms with Crippen molar-refractivity contribution in [3.8, 4) is 0 Å². The fourth-order valence-electron chi connectivity index (χ4n) is 8.72. The van der Waals surface area contributed by atoms with Gasteiger partial charge < -0.3 is 24.4 Å². The highest BCUT2D eigenvalue weighted by Crippen LogP contribution is 2.81. The Hall–Kier alpha value is -1.28. The zero-order valence-corrected chi connectivity index (χ0v) is 17.0. The zero-order chi connectivity index (χ0) is 20.7. The van der Waals surface area contributed by atoms with Gasteiger partial charge in [0.25, 0.3) is 0 Å². The Bertz CT molecular complexity index is 865. The van der Waals surface area contributed by atoms with Crippen LogP contribution in [0.4, 0.5) is 0 Å². The molecule has 158 valence electrons. The molecule has 7 nitrogen and oxygen atoms in total. The van der Waals surface area contributed by atoms with Crippen LogP contribution in [0.2, 0.25) is 0 Å².